The Morgan fingerprint density at radius 2 is 2.00 bits per heavy atom. The second kappa shape index (κ2) is 9.59. The molecule has 0 aliphatic heterocycles. The third-order valence-electron chi connectivity index (χ3n) is 7.46. The molecule has 0 aromatic rings. The molecule has 6 atom stereocenters. The third-order valence-corrected chi connectivity index (χ3v) is 7.46. The summed E-state index contributed by atoms with van der Waals surface area (Å²) in [5.41, 5.74) is -1.68. The van der Waals surface area contributed by atoms with E-state index in [1.807, 2.05) is 6.08 Å². The molecule has 3 aliphatic carbocycles. The first-order valence-corrected chi connectivity index (χ1v) is 11.6. The predicted octanol–water partition coefficient (Wildman–Crippen LogP) is 3.70. The summed E-state index contributed by atoms with van der Waals surface area (Å²) in [5, 5.41) is 0. The van der Waals surface area contributed by atoms with Crippen molar-refractivity contribution in [3.05, 3.63) is 24.3 Å². The molecule has 0 saturated heterocycles. The van der Waals surface area contributed by atoms with Crippen LogP contribution in [0, 0.1) is 23.2 Å². The van der Waals surface area contributed by atoms with Crippen molar-refractivity contribution in [1.29, 1.82) is 0 Å². The summed E-state index contributed by atoms with van der Waals surface area (Å²) in [7, 11) is 1.32. The van der Waals surface area contributed by atoms with Gasteiger partial charge in [-0.1, -0.05) is 25.8 Å². The smallest absolute Gasteiger partial charge is 0.305 e. The van der Waals surface area contributed by atoms with Crippen LogP contribution in [0.4, 0.5) is 0 Å². The molecule has 2 saturated carbocycles. The standard InChI is InChI=1S/C25H34O7/c1-5-6-7-19-20(10-8-18(31-16(2)26)9-11-23(29)30-4)25-21(19)12-14-24(25,32-17(3)27)15-13-22(25)28/h8,10,13,15,18-21H,5-7,9,11-12,14H2,1-4H3/b10-8+/t18?,19?,20-,21?,24?,25?/m1/s1. The fourth-order valence-electron chi connectivity index (χ4n) is 6.35. The van der Waals surface area contributed by atoms with Gasteiger partial charge in [-0.05, 0) is 61.7 Å². The number of carbonyl (C=O) groups is 4. The second-order valence-electron chi connectivity index (χ2n) is 9.17. The van der Waals surface area contributed by atoms with Gasteiger partial charge < -0.3 is 14.2 Å². The second-order valence-corrected chi connectivity index (χ2v) is 9.17. The average Bonchev–Trinajstić information content (AvgIpc) is 3.16. The first kappa shape index (κ1) is 24.2. The van der Waals surface area contributed by atoms with E-state index >= 15 is 0 Å². The molecule has 5 unspecified atom stereocenters. The zero-order valence-electron chi connectivity index (χ0n) is 19.4. The third kappa shape index (κ3) is 4.02. The van der Waals surface area contributed by atoms with Gasteiger partial charge in [0.05, 0.1) is 12.5 Å². The molecular formula is C25H34O7. The van der Waals surface area contributed by atoms with E-state index in [2.05, 4.69) is 6.92 Å². The molecule has 32 heavy (non-hydrogen) atoms. The van der Waals surface area contributed by atoms with Crippen molar-refractivity contribution in [2.75, 3.05) is 7.11 Å². The quantitative estimate of drug-likeness (QED) is 0.287. The monoisotopic (exact) mass is 446 g/mol. The van der Waals surface area contributed by atoms with Crippen molar-refractivity contribution in [1.82, 2.24) is 0 Å². The summed E-state index contributed by atoms with van der Waals surface area (Å²) in [6.07, 6.45) is 11.5. The summed E-state index contributed by atoms with van der Waals surface area (Å²) in [4.78, 5) is 48.4. The molecule has 3 aliphatic rings. The van der Waals surface area contributed by atoms with Crippen LogP contribution < -0.4 is 0 Å². The van der Waals surface area contributed by atoms with Gasteiger partial charge in [0.25, 0.3) is 0 Å². The van der Waals surface area contributed by atoms with Crippen LogP contribution in [0.15, 0.2) is 24.3 Å². The lowest BCUT2D eigenvalue weighted by Crippen LogP contribution is -2.65. The molecule has 0 radical (unpaired) electrons. The number of methoxy groups -OCH3 is 1. The number of rotatable bonds is 10. The molecular weight excluding hydrogens is 412 g/mol. The molecule has 0 amide bonds. The highest BCUT2D eigenvalue weighted by Gasteiger charge is 2.78. The molecule has 3 rings (SSSR count). The molecule has 7 heteroatoms. The van der Waals surface area contributed by atoms with E-state index in [1.165, 1.54) is 21.0 Å². The van der Waals surface area contributed by atoms with Crippen molar-refractivity contribution in [3.8, 4) is 0 Å². The fourth-order valence-corrected chi connectivity index (χ4v) is 6.35. The summed E-state index contributed by atoms with van der Waals surface area (Å²) in [6.45, 7) is 4.85. The van der Waals surface area contributed by atoms with Crippen LogP contribution in [0.1, 0.15) is 65.7 Å². The Balaban J connectivity index is 1.91. The van der Waals surface area contributed by atoms with Crippen LogP contribution >= 0.6 is 0 Å². The lowest BCUT2D eigenvalue weighted by atomic mass is 9.43. The fraction of sp³-hybridized carbons (Fsp3) is 0.680. The maximum absolute atomic E-state index is 13.3. The Morgan fingerprint density at radius 3 is 2.62 bits per heavy atom. The Bertz CT molecular complexity index is 828. The molecule has 0 N–H and O–H groups in total. The predicted molar refractivity (Wildman–Crippen MR) is 116 cm³/mol. The molecule has 0 bridgehead atoms. The highest BCUT2D eigenvalue weighted by Crippen LogP contribution is 2.73. The minimum atomic E-state index is -0.902. The van der Waals surface area contributed by atoms with Gasteiger partial charge in [-0.15, -0.1) is 0 Å². The zero-order chi connectivity index (χ0) is 23.5. The van der Waals surface area contributed by atoms with Crippen LogP contribution in [0.3, 0.4) is 0 Å². The van der Waals surface area contributed by atoms with E-state index in [9.17, 15) is 19.2 Å². The van der Waals surface area contributed by atoms with Crippen LogP contribution in [0.25, 0.3) is 0 Å². The minimum absolute atomic E-state index is 0.0160. The Morgan fingerprint density at radius 1 is 1.25 bits per heavy atom. The van der Waals surface area contributed by atoms with Crippen molar-refractivity contribution in [2.24, 2.45) is 23.2 Å². The largest absolute Gasteiger partial charge is 0.469 e. The number of carbonyl (C=O) groups excluding carboxylic acids is 4. The minimum Gasteiger partial charge on any atom is -0.469 e. The maximum Gasteiger partial charge on any atom is 0.305 e. The number of unbranched alkanes of at least 4 members (excludes halogenated alkanes) is 1. The maximum atomic E-state index is 13.3. The molecule has 176 valence electrons. The number of esters is 3. The molecule has 0 aromatic carbocycles. The van der Waals surface area contributed by atoms with Gasteiger partial charge in [0.15, 0.2) is 5.78 Å². The van der Waals surface area contributed by atoms with Crippen molar-refractivity contribution >= 4 is 23.7 Å². The Labute approximate surface area is 189 Å². The van der Waals surface area contributed by atoms with Gasteiger partial charge >= 0.3 is 17.9 Å². The van der Waals surface area contributed by atoms with Gasteiger partial charge in [-0.2, -0.15) is 0 Å². The summed E-state index contributed by atoms with van der Waals surface area (Å²) >= 11 is 0. The van der Waals surface area contributed by atoms with E-state index in [-0.39, 0.29) is 36.0 Å². The van der Waals surface area contributed by atoms with Crippen molar-refractivity contribution < 1.29 is 33.4 Å². The van der Waals surface area contributed by atoms with E-state index in [0.29, 0.717) is 18.8 Å². The molecule has 2 fully saturated rings. The summed E-state index contributed by atoms with van der Waals surface area (Å²) < 4.78 is 15.9. The van der Waals surface area contributed by atoms with E-state index in [4.69, 9.17) is 14.2 Å². The van der Waals surface area contributed by atoms with E-state index < -0.39 is 23.1 Å². The normalized spacial score (nSPS) is 33.4. The van der Waals surface area contributed by atoms with E-state index in [0.717, 1.165) is 25.7 Å². The summed E-state index contributed by atoms with van der Waals surface area (Å²) in [5.74, 6) is -0.857. The van der Waals surface area contributed by atoms with Crippen molar-refractivity contribution in [3.63, 3.8) is 0 Å². The number of allylic oxidation sites excluding steroid dienone is 2. The van der Waals surface area contributed by atoms with Gasteiger partial charge in [0.1, 0.15) is 11.7 Å². The molecule has 0 aromatic heterocycles. The Kier molecular flexibility index (Phi) is 7.25. The molecule has 0 heterocycles. The Hall–Kier alpha value is -2.44. The van der Waals surface area contributed by atoms with Gasteiger partial charge in [0.2, 0.25) is 0 Å². The van der Waals surface area contributed by atoms with E-state index in [1.54, 1.807) is 18.2 Å². The SMILES string of the molecule is CCCCC1C2CCC3(OC(C)=O)C=CC(=O)C23[C@@H]1/C=C/C(CCC(=O)OC)OC(C)=O. The zero-order valence-corrected chi connectivity index (χ0v) is 19.4. The highest BCUT2D eigenvalue weighted by atomic mass is 16.6. The first-order valence-electron chi connectivity index (χ1n) is 11.6. The topological polar surface area (TPSA) is 96.0 Å². The molecule has 7 nitrogen and oxygen atoms in total. The number of hydrogen-bond acceptors (Lipinski definition) is 7. The van der Waals surface area contributed by atoms with Gasteiger partial charge in [0, 0.05) is 20.3 Å². The van der Waals surface area contributed by atoms with Gasteiger partial charge in [-0.3, -0.25) is 19.2 Å². The van der Waals surface area contributed by atoms with Crippen LogP contribution in [0.2, 0.25) is 0 Å². The number of ketones is 1. The molecule has 1 spiro atoms. The van der Waals surface area contributed by atoms with Gasteiger partial charge in [-0.25, -0.2) is 0 Å². The highest BCUT2D eigenvalue weighted by molar-refractivity contribution is 6.02. The lowest BCUT2D eigenvalue weighted by molar-refractivity contribution is -0.193. The van der Waals surface area contributed by atoms with Crippen LogP contribution in [0.5, 0.6) is 0 Å². The first-order chi connectivity index (χ1) is 15.2. The number of hydrogen-bond donors (Lipinski definition) is 0. The lowest BCUT2D eigenvalue weighted by Gasteiger charge is -2.59. The van der Waals surface area contributed by atoms with Crippen LogP contribution in [-0.4, -0.2) is 42.5 Å². The summed E-state index contributed by atoms with van der Waals surface area (Å²) in [6, 6.07) is 0. The average molecular weight is 447 g/mol. The number of ether oxygens (including phenoxy) is 3. The van der Waals surface area contributed by atoms with Crippen molar-refractivity contribution in [2.45, 2.75) is 77.4 Å². The van der Waals surface area contributed by atoms with Crippen LogP contribution in [-0.2, 0) is 33.4 Å².